The van der Waals surface area contributed by atoms with E-state index in [0.717, 1.165) is 24.3 Å². The molecule has 0 aliphatic heterocycles. The Hall–Kier alpha value is -5.66. The van der Waals surface area contributed by atoms with Gasteiger partial charge in [0.25, 0.3) is 0 Å². The van der Waals surface area contributed by atoms with Gasteiger partial charge < -0.3 is 4.57 Å². The number of hydrogen-bond acceptors (Lipinski definition) is 8. The Morgan fingerprint density at radius 1 is 0.521 bits per heavy atom. The number of carbonyl (C=O) groups excluding carboxylic acids is 4. The van der Waals surface area contributed by atoms with Gasteiger partial charge in [-0.3, -0.25) is 19.2 Å². The van der Waals surface area contributed by atoms with E-state index >= 15 is 0 Å². The molecule has 3 heterocycles. The fraction of sp³-hybridized carbons (Fsp3) is 0.0286. The number of nitrogens with zero attached hydrogens (tertiary/aromatic N) is 3. The van der Waals surface area contributed by atoms with E-state index in [9.17, 15) is 36.7 Å². The third kappa shape index (κ3) is 3.91. The standard InChI is InChI=1S/C35H13F4N3O4S2/c1-42-34-32(47-26(40-34)10-20-28(43)16-2-12-6-22(36)23(37)7-13(12)3-17(16)29(20)44)33-35(42)41-27(48-33)11-21-30(45)18-4-14-8-24(38)25(39)9-15(14)5-19(18)31(21)46/h2-11H,1H3. The van der Waals surface area contributed by atoms with Gasteiger partial charge in [0, 0.05) is 29.3 Å². The van der Waals surface area contributed by atoms with Gasteiger partial charge in [-0.15, -0.1) is 22.7 Å². The fourth-order valence-electron chi connectivity index (χ4n) is 6.27. The largest absolute Gasteiger partial charge is 0.312 e. The van der Waals surface area contributed by atoms with Crippen LogP contribution in [0.3, 0.4) is 0 Å². The molecular formula is C35H13F4N3O4S2. The van der Waals surface area contributed by atoms with E-state index in [1.54, 1.807) is 11.6 Å². The van der Waals surface area contributed by atoms with Gasteiger partial charge in [-0.1, -0.05) is 0 Å². The average molecular weight is 680 g/mol. The third-order valence-corrected chi connectivity index (χ3v) is 10.8. The maximum Gasteiger partial charge on any atom is 0.197 e. The number of thiazole rings is 2. The van der Waals surface area contributed by atoms with Crippen LogP contribution < -0.4 is 0 Å². The Bertz CT molecular complexity index is 2510. The molecule has 0 saturated heterocycles. The minimum absolute atomic E-state index is 0.0963. The molecule has 0 saturated carbocycles. The highest BCUT2D eigenvalue weighted by Crippen LogP contribution is 2.40. The number of Topliss-reactive ketones (excluding diaryl/α,β-unsaturated/α-hetero) is 4. The Morgan fingerprint density at radius 2 is 0.812 bits per heavy atom. The molecule has 7 nitrogen and oxygen atoms in total. The summed E-state index contributed by atoms with van der Waals surface area (Å²) in [6, 6.07) is 9.43. The van der Waals surface area contributed by atoms with E-state index in [1.807, 2.05) is 0 Å². The second-order valence-electron chi connectivity index (χ2n) is 11.4. The molecule has 48 heavy (non-hydrogen) atoms. The van der Waals surface area contributed by atoms with Crippen LogP contribution in [0.4, 0.5) is 17.6 Å². The summed E-state index contributed by atoms with van der Waals surface area (Å²) in [5, 5.41) is 1.90. The summed E-state index contributed by atoms with van der Waals surface area (Å²) in [5.74, 6) is -6.44. The van der Waals surface area contributed by atoms with Crippen LogP contribution in [0.15, 0.2) is 59.7 Å². The van der Waals surface area contributed by atoms with Crippen LogP contribution in [0.1, 0.15) is 51.4 Å². The van der Waals surface area contributed by atoms with Crippen LogP contribution in [0.25, 0.3) is 54.4 Å². The summed E-state index contributed by atoms with van der Waals surface area (Å²) >= 11 is 2.43. The predicted octanol–water partition coefficient (Wildman–Crippen LogP) is 8.03. The van der Waals surface area contributed by atoms with Crippen molar-refractivity contribution in [3.8, 4) is 0 Å². The van der Waals surface area contributed by atoms with Crippen LogP contribution in [0.5, 0.6) is 0 Å². The predicted molar refractivity (Wildman–Crippen MR) is 173 cm³/mol. The SMILES string of the molecule is Cn1c2nc(C=C3C(=O)c4cc5cc(F)c(F)cc5cc4C3=O)sc2c2sc(C=C3C(=O)c4cc5cc(F)c(F)cc5cc4C3=O)nc21. The van der Waals surface area contributed by atoms with Gasteiger partial charge in [0.1, 0.15) is 10.0 Å². The molecule has 0 spiro atoms. The summed E-state index contributed by atoms with van der Waals surface area (Å²) in [5.41, 5.74) is 1.22. The first-order chi connectivity index (χ1) is 23.0. The quantitative estimate of drug-likeness (QED) is 0.104. The molecule has 3 aromatic heterocycles. The summed E-state index contributed by atoms with van der Waals surface area (Å²) < 4.78 is 58.4. The number of ketones is 4. The smallest absolute Gasteiger partial charge is 0.197 e. The van der Waals surface area contributed by atoms with E-state index in [4.69, 9.17) is 0 Å². The Labute approximate surface area is 273 Å². The van der Waals surface area contributed by atoms with Crippen LogP contribution in [-0.4, -0.2) is 37.7 Å². The Kier molecular flexibility index (Phi) is 5.76. The van der Waals surface area contributed by atoms with Crippen molar-refractivity contribution in [3.05, 3.63) is 115 Å². The van der Waals surface area contributed by atoms with Crippen molar-refractivity contribution < 1.29 is 36.7 Å². The zero-order valence-corrected chi connectivity index (χ0v) is 25.7. The van der Waals surface area contributed by atoms with Gasteiger partial charge in [0.15, 0.2) is 57.7 Å². The second-order valence-corrected chi connectivity index (χ2v) is 13.5. The monoisotopic (exact) mass is 679 g/mol. The molecule has 13 heteroatoms. The molecule has 232 valence electrons. The number of hydrogen-bond donors (Lipinski definition) is 0. The topological polar surface area (TPSA) is 99.0 Å². The molecule has 9 rings (SSSR count). The highest BCUT2D eigenvalue weighted by Gasteiger charge is 2.35. The molecule has 0 amide bonds. The number of aromatic nitrogens is 3. The number of aryl methyl sites for hydroxylation is 1. The Morgan fingerprint density at radius 3 is 1.10 bits per heavy atom. The van der Waals surface area contributed by atoms with Gasteiger partial charge in [-0.25, -0.2) is 27.5 Å². The summed E-state index contributed by atoms with van der Waals surface area (Å²) in [4.78, 5) is 62.2. The summed E-state index contributed by atoms with van der Waals surface area (Å²) in [6.45, 7) is 0. The first kappa shape index (κ1) is 28.6. The van der Waals surface area contributed by atoms with Crippen molar-refractivity contribution in [2.24, 2.45) is 7.05 Å². The van der Waals surface area contributed by atoms with E-state index in [-0.39, 0.29) is 54.9 Å². The molecule has 2 aliphatic carbocycles. The highest BCUT2D eigenvalue weighted by molar-refractivity contribution is 7.27. The highest BCUT2D eigenvalue weighted by atomic mass is 32.1. The van der Waals surface area contributed by atoms with Crippen molar-refractivity contribution in [1.82, 2.24) is 14.5 Å². The molecule has 0 N–H and O–H groups in total. The van der Waals surface area contributed by atoms with E-state index < -0.39 is 46.4 Å². The number of fused-ring (bicyclic) bond motifs is 7. The molecule has 0 radical (unpaired) electrons. The fourth-order valence-corrected chi connectivity index (χ4v) is 8.47. The van der Waals surface area contributed by atoms with Crippen LogP contribution in [-0.2, 0) is 7.05 Å². The van der Waals surface area contributed by atoms with E-state index in [0.29, 0.717) is 30.7 Å². The molecule has 0 fully saturated rings. The Balaban J connectivity index is 1.08. The van der Waals surface area contributed by atoms with Gasteiger partial charge in [0.2, 0.25) is 0 Å². The normalized spacial score (nSPS) is 14.4. The molecule has 0 bridgehead atoms. The molecular weight excluding hydrogens is 667 g/mol. The van der Waals surface area contributed by atoms with Crippen molar-refractivity contribution in [1.29, 1.82) is 0 Å². The number of allylic oxidation sites excluding steroid dienone is 2. The van der Waals surface area contributed by atoms with Crippen molar-refractivity contribution >= 4 is 100 Å². The van der Waals surface area contributed by atoms with Crippen LogP contribution in [0.2, 0.25) is 0 Å². The summed E-state index contributed by atoms with van der Waals surface area (Å²) in [6.07, 6.45) is 2.79. The molecule has 0 unspecified atom stereocenters. The zero-order chi connectivity index (χ0) is 33.3. The average Bonchev–Trinajstić information content (AvgIpc) is 3.82. The maximum absolute atomic E-state index is 13.8. The first-order valence-corrected chi connectivity index (χ1v) is 15.8. The number of benzene rings is 4. The summed E-state index contributed by atoms with van der Waals surface area (Å²) in [7, 11) is 1.73. The zero-order valence-electron chi connectivity index (χ0n) is 24.1. The maximum atomic E-state index is 13.8. The van der Waals surface area contributed by atoms with Crippen molar-refractivity contribution in [2.45, 2.75) is 0 Å². The van der Waals surface area contributed by atoms with Crippen molar-refractivity contribution in [2.75, 3.05) is 0 Å². The van der Waals surface area contributed by atoms with Gasteiger partial charge in [-0.2, -0.15) is 0 Å². The number of halogens is 4. The van der Waals surface area contributed by atoms with E-state index in [1.165, 1.54) is 59.1 Å². The van der Waals surface area contributed by atoms with E-state index in [2.05, 4.69) is 9.97 Å². The minimum atomic E-state index is -1.06. The third-order valence-electron chi connectivity index (χ3n) is 8.62. The lowest BCUT2D eigenvalue weighted by Gasteiger charge is -2.02. The lowest BCUT2D eigenvalue weighted by atomic mass is 10.0. The molecule has 2 aliphatic rings. The lowest BCUT2D eigenvalue weighted by molar-refractivity contribution is 0.0975. The molecule has 4 aromatic carbocycles. The minimum Gasteiger partial charge on any atom is -0.312 e. The first-order valence-electron chi connectivity index (χ1n) is 14.2. The number of carbonyl (C=O) groups is 4. The molecule has 0 atom stereocenters. The molecule has 7 aromatic rings. The van der Waals surface area contributed by atoms with Crippen molar-refractivity contribution in [3.63, 3.8) is 0 Å². The van der Waals surface area contributed by atoms with Gasteiger partial charge >= 0.3 is 0 Å². The van der Waals surface area contributed by atoms with Crippen LogP contribution in [0, 0.1) is 23.3 Å². The second kappa shape index (κ2) is 9.69. The van der Waals surface area contributed by atoms with Gasteiger partial charge in [0.05, 0.1) is 20.5 Å². The van der Waals surface area contributed by atoms with Gasteiger partial charge in [-0.05, 0) is 82.2 Å². The number of rotatable bonds is 2. The van der Waals surface area contributed by atoms with Crippen LogP contribution >= 0.6 is 22.7 Å². The lowest BCUT2D eigenvalue weighted by Crippen LogP contribution is -2.00.